The molecule has 0 saturated heterocycles. The molecule has 0 amide bonds. The van der Waals surface area contributed by atoms with E-state index in [1.165, 1.54) is 0 Å². The van der Waals surface area contributed by atoms with Gasteiger partial charge < -0.3 is 0 Å². The molecule has 0 unspecified atom stereocenters. The zero-order chi connectivity index (χ0) is 13.1. The van der Waals surface area contributed by atoms with Crippen LogP contribution < -0.4 is 0 Å². The second-order valence-corrected chi connectivity index (χ2v) is 14.6. The van der Waals surface area contributed by atoms with Gasteiger partial charge >= 0.3 is 0 Å². The molecule has 0 aliphatic carbocycles. The summed E-state index contributed by atoms with van der Waals surface area (Å²) in [7, 11) is -3.72. The highest BCUT2D eigenvalue weighted by molar-refractivity contribution is 9.42. The molecule has 0 aliphatic rings. The quantitative estimate of drug-likeness (QED) is 0.219. The van der Waals surface area contributed by atoms with Crippen molar-refractivity contribution in [2.24, 2.45) is 0 Å². The Balaban J connectivity index is 2.82. The minimum Gasteiger partial charge on any atom is -0.220 e. The lowest BCUT2D eigenvalue weighted by Gasteiger charge is -2.09. The standard InChI is InChI=1S/C4H3Br3N2O5S3/c5-4(6,7)17(11,12)3-9-8-2(16-3)1-15-14-13-10/h10H,1H2. The molecular formula is C4H3Br3N2O5S3. The van der Waals surface area contributed by atoms with E-state index in [2.05, 4.69) is 67.4 Å². The molecule has 0 bridgehead atoms. The maximum Gasteiger partial charge on any atom is 0.243 e. The maximum atomic E-state index is 11.9. The van der Waals surface area contributed by atoms with Gasteiger partial charge in [0, 0.05) is 12.0 Å². The van der Waals surface area contributed by atoms with Crippen molar-refractivity contribution in [2.75, 3.05) is 0 Å². The van der Waals surface area contributed by atoms with Crippen molar-refractivity contribution < 1.29 is 23.0 Å². The van der Waals surface area contributed by atoms with Crippen LogP contribution in [0, 0.1) is 0 Å². The predicted molar refractivity (Wildman–Crippen MR) is 72.7 cm³/mol. The van der Waals surface area contributed by atoms with Crippen LogP contribution in [-0.2, 0) is 25.0 Å². The SMILES string of the molecule is O=S(=O)(c1nnc(CSOOO)s1)C(Br)(Br)Br. The van der Waals surface area contributed by atoms with Gasteiger partial charge in [0.25, 0.3) is 0 Å². The number of aromatic nitrogens is 2. The lowest BCUT2D eigenvalue weighted by Crippen LogP contribution is -2.17. The molecule has 1 N–H and O–H groups in total. The van der Waals surface area contributed by atoms with E-state index in [4.69, 9.17) is 5.26 Å². The summed E-state index contributed by atoms with van der Waals surface area (Å²) in [5.41, 5.74) is 0. The molecule has 0 radical (unpaired) electrons. The van der Waals surface area contributed by atoms with Gasteiger partial charge in [-0.3, -0.25) is 0 Å². The molecule has 0 aromatic carbocycles. The van der Waals surface area contributed by atoms with Crippen molar-refractivity contribution in [3.63, 3.8) is 0 Å². The Morgan fingerprint density at radius 2 is 2.06 bits per heavy atom. The molecule has 0 spiro atoms. The van der Waals surface area contributed by atoms with E-state index in [0.717, 1.165) is 23.4 Å². The van der Waals surface area contributed by atoms with E-state index < -0.39 is 11.3 Å². The number of hydrogen-bond acceptors (Lipinski definition) is 9. The van der Waals surface area contributed by atoms with Crippen LogP contribution in [0.15, 0.2) is 4.34 Å². The fourth-order valence-corrected chi connectivity index (χ4v) is 5.39. The predicted octanol–water partition coefficient (Wildman–Crippen LogP) is 2.68. The second-order valence-electron chi connectivity index (χ2n) is 2.32. The van der Waals surface area contributed by atoms with Crippen LogP contribution in [0.3, 0.4) is 0 Å². The number of nitrogens with zero attached hydrogens (tertiary/aromatic N) is 2. The first-order valence-corrected chi connectivity index (χ1v) is 9.11. The molecule has 1 heterocycles. The molecule has 0 atom stereocenters. The number of rotatable bonds is 5. The highest BCUT2D eigenvalue weighted by Gasteiger charge is 2.40. The number of hydrogen-bond donors (Lipinski definition) is 1. The molecule has 0 saturated carbocycles. The van der Waals surface area contributed by atoms with Gasteiger partial charge in [0.1, 0.15) is 5.01 Å². The van der Waals surface area contributed by atoms with Gasteiger partial charge in [0.05, 0.1) is 5.75 Å². The smallest absolute Gasteiger partial charge is 0.220 e. The minimum atomic E-state index is -3.72. The van der Waals surface area contributed by atoms with E-state index in [9.17, 15) is 8.42 Å². The van der Waals surface area contributed by atoms with Crippen LogP contribution >= 0.6 is 71.2 Å². The first kappa shape index (κ1) is 16.2. The average Bonchev–Trinajstić information content (AvgIpc) is 2.65. The topological polar surface area (TPSA) is 98.6 Å². The van der Waals surface area contributed by atoms with Gasteiger partial charge in [-0.05, 0) is 47.8 Å². The molecule has 17 heavy (non-hydrogen) atoms. The normalized spacial score (nSPS) is 12.9. The maximum absolute atomic E-state index is 11.9. The van der Waals surface area contributed by atoms with E-state index in [-0.39, 0.29) is 10.1 Å². The van der Waals surface area contributed by atoms with Crippen LogP contribution in [0.4, 0.5) is 0 Å². The van der Waals surface area contributed by atoms with Crippen LogP contribution in [0.2, 0.25) is 0 Å². The molecule has 7 nitrogen and oxygen atoms in total. The van der Waals surface area contributed by atoms with Gasteiger partial charge in [0.2, 0.25) is 15.7 Å². The largest absolute Gasteiger partial charge is 0.243 e. The summed E-state index contributed by atoms with van der Waals surface area (Å²) in [6.45, 7) is 0. The summed E-state index contributed by atoms with van der Waals surface area (Å²) in [4.78, 5) is 0. The minimum absolute atomic E-state index is 0.163. The summed E-state index contributed by atoms with van der Waals surface area (Å²) in [6.07, 6.45) is 0. The fraction of sp³-hybridized carbons (Fsp3) is 0.500. The van der Waals surface area contributed by atoms with Crippen LogP contribution in [0.25, 0.3) is 0 Å². The Kier molecular flexibility index (Phi) is 6.27. The second kappa shape index (κ2) is 6.56. The Labute approximate surface area is 130 Å². The highest BCUT2D eigenvalue weighted by atomic mass is 80.0. The summed E-state index contributed by atoms with van der Waals surface area (Å²) >= 11 is 10.4. The Morgan fingerprint density at radius 3 is 2.59 bits per heavy atom. The van der Waals surface area contributed by atoms with E-state index in [1.807, 2.05) is 0 Å². The Morgan fingerprint density at radius 1 is 1.41 bits per heavy atom. The third kappa shape index (κ3) is 4.35. The van der Waals surface area contributed by atoms with E-state index in [0.29, 0.717) is 5.01 Å². The molecule has 1 aromatic rings. The lowest BCUT2D eigenvalue weighted by molar-refractivity contribution is -0.432. The van der Waals surface area contributed by atoms with Crippen LogP contribution in [0.1, 0.15) is 5.01 Å². The summed E-state index contributed by atoms with van der Waals surface area (Å²) in [5.74, 6) is 0.188. The molecule has 1 rings (SSSR count). The van der Waals surface area contributed by atoms with Crippen LogP contribution in [-0.4, -0.2) is 25.3 Å². The number of sulfone groups is 1. The zero-order valence-corrected chi connectivity index (χ0v) is 14.7. The van der Waals surface area contributed by atoms with E-state index in [1.54, 1.807) is 0 Å². The van der Waals surface area contributed by atoms with E-state index >= 15 is 0 Å². The van der Waals surface area contributed by atoms with Gasteiger partial charge in [0.15, 0.2) is 0 Å². The number of alkyl halides is 3. The van der Waals surface area contributed by atoms with Gasteiger partial charge in [-0.25, -0.2) is 13.7 Å². The van der Waals surface area contributed by atoms with Gasteiger partial charge in [-0.1, -0.05) is 16.4 Å². The summed E-state index contributed by atoms with van der Waals surface area (Å²) < 4.78 is 26.2. The van der Waals surface area contributed by atoms with Gasteiger partial charge in [-0.15, -0.1) is 14.5 Å². The van der Waals surface area contributed by atoms with Crippen molar-refractivity contribution in [3.8, 4) is 0 Å². The highest BCUT2D eigenvalue weighted by Crippen LogP contribution is 2.43. The molecule has 98 valence electrons. The zero-order valence-electron chi connectivity index (χ0n) is 7.54. The first-order chi connectivity index (χ1) is 7.79. The summed E-state index contributed by atoms with van der Waals surface area (Å²) in [5, 5.41) is 18.9. The third-order valence-corrected chi connectivity index (χ3v) is 8.59. The molecule has 0 aliphatic heterocycles. The Bertz CT molecular complexity index is 471. The fourth-order valence-electron chi connectivity index (χ4n) is 0.600. The molecule has 1 aromatic heterocycles. The average molecular weight is 495 g/mol. The van der Waals surface area contributed by atoms with Crippen molar-refractivity contribution >= 4 is 81.0 Å². The van der Waals surface area contributed by atoms with Gasteiger partial charge in [-0.2, -0.15) is 0 Å². The van der Waals surface area contributed by atoms with Crippen LogP contribution in [0.5, 0.6) is 0 Å². The molecule has 13 heteroatoms. The Hall–Kier alpha value is 1.18. The third-order valence-electron chi connectivity index (χ3n) is 1.24. The van der Waals surface area contributed by atoms with Crippen molar-refractivity contribution in [2.45, 2.75) is 11.6 Å². The summed E-state index contributed by atoms with van der Waals surface area (Å²) in [6, 6.07) is 0. The van der Waals surface area contributed by atoms with Crippen molar-refractivity contribution in [3.05, 3.63) is 5.01 Å². The first-order valence-electron chi connectivity index (χ1n) is 3.52. The lowest BCUT2D eigenvalue weighted by atomic mass is 10.9. The monoisotopic (exact) mass is 492 g/mol. The molecular weight excluding hydrogens is 492 g/mol. The van der Waals surface area contributed by atoms with Crippen molar-refractivity contribution in [1.29, 1.82) is 0 Å². The number of halogens is 3. The van der Waals surface area contributed by atoms with Crippen molar-refractivity contribution in [1.82, 2.24) is 10.2 Å². The molecule has 0 fully saturated rings.